The highest BCUT2D eigenvalue weighted by atomic mass is 16.7. The Labute approximate surface area is 227 Å². The number of hydrogen-bond donors (Lipinski definition) is 3. The van der Waals surface area contributed by atoms with Gasteiger partial charge in [0.15, 0.2) is 5.78 Å². The monoisotopic (exact) mass is 530 g/mol. The molecule has 2 aromatic rings. The van der Waals surface area contributed by atoms with E-state index in [2.05, 4.69) is 0 Å². The van der Waals surface area contributed by atoms with E-state index in [1.807, 2.05) is 86.6 Å². The van der Waals surface area contributed by atoms with E-state index in [0.717, 1.165) is 22.3 Å². The molecule has 0 fully saturated rings. The van der Waals surface area contributed by atoms with Crippen molar-refractivity contribution >= 4 is 5.78 Å². The van der Waals surface area contributed by atoms with Gasteiger partial charge in [-0.15, -0.1) is 0 Å². The van der Waals surface area contributed by atoms with Crippen LogP contribution in [-0.4, -0.2) is 60.9 Å². The van der Waals surface area contributed by atoms with Crippen molar-refractivity contribution < 1.29 is 34.3 Å². The van der Waals surface area contributed by atoms with Crippen LogP contribution in [0.1, 0.15) is 81.8 Å². The predicted octanol–water partition coefficient (Wildman–Crippen LogP) is 5.18. The first-order valence-corrected chi connectivity index (χ1v) is 13.1. The van der Waals surface area contributed by atoms with Crippen LogP contribution in [-0.2, 0) is 35.3 Å². The van der Waals surface area contributed by atoms with Crippen molar-refractivity contribution in [1.29, 1.82) is 0 Å². The molecule has 2 rings (SSSR count). The van der Waals surface area contributed by atoms with E-state index in [-0.39, 0.29) is 61.3 Å². The van der Waals surface area contributed by atoms with Crippen LogP contribution in [0.4, 0.5) is 0 Å². The molecule has 0 aromatic heterocycles. The Morgan fingerprint density at radius 1 is 0.711 bits per heavy atom. The Morgan fingerprint density at radius 3 is 1.58 bits per heavy atom. The third-order valence-corrected chi connectivity index (χ3v) is 6.94. The molecule has 7 heteroatoms. The van der Waals surface area contributed by atoms with E-state index >= 15 is 0 Å². The molecule has 0 saturated carbocycles. The molecule has 0 unspecified atom stereocenters. The number of ether oxygens (including phenoxy) is 3. The number of aliphatic hydroxyl groups is 1. The van der Waals surface area contributed by atoms with Gasteiger partial charge in [0.05, 0.1) is 31.8 Å². The quantitative estimate of drug-likeness (QED) is 0.256. The van der Waals surface area contributed by atoms with Gasteiger partial charge in [-0.3, -0.25) is 4.79 Å². The summed E-state index contributed by atoms with van der Waals surface area (Å²) in [5.41, 5.74) is 2.55. The minimum atomic E-state index is -1.12. The summed E-state index contributed by atoms with van der Waals surface area (Å²) < 4.78 is 16.2. The van der Waals surface area contributed by atoms with Gasteiger partial charge in [0.2, 0.25) is 0 Å². The maximum Gasteiger partial charge on any atom is 0.173 e. The zero-order valence-electron chi connectivity index (χ0n) is 24.5. The lowest BCUT2D eigenvalue weighted by molar-refractivity contribution is -0.134. The van der Waals surface area contributed by atoms with Crippen LogP contribution in [0.25, 0.3) is 0 Å². The summed E-state index contributed by atoms with van der Waals surface area (Å²) in [7, 11) is 0. The number of carbonyl (C=O) groups excluding carboxylic acids is 1. The fourth-order valence-corrected chi connectivity index (χ4v) is 4.45. The minimum Gasteiger partial charge on any atom is -0.507 e. The van der Waals surface area contributed by atoms with Gasteiger partial charge in [-0.05, 0) is 65.0 Å². The lowest BCUT2D eigenvalue weighted by Crippen LogP contribution is -2.38. The average molecular weight is 531 g/mol. The van der Waals surface area contributed by atoms with Gasteiger partial charge in [-0.1, -0.05) is 65.8 Å². The molecule has 3 N–H and O–H groups in total. The third kappa shape index (κ3) is 7.35. The number of Topliss-reactive ketones (excluding diaryl/α,β-unsaturated/α-hetero) is 1. The first-order valence-electron chi connectivity index (χ1n) is 13.1. The lowest BCUT2D eigenvalue weighted by atomic mass is 9.69. The molecule has 0 aliphatic heterocycles. The van der Waals surface area contributed by atoms with Crippen LogP contribution in [0.5, 0.6) is 11.5 Å². The molecule has 0 heterocycles. The second-order valence-corrected chi connectivity index (χ2v) is 12.1. The number of phenols is 2. The van der Waals surface area contributed by atoms with Crippen molar-refractivity contribution in [3.8, 4) is 11.5 Å². The zero-order valence-corrected chi connectivity index (χ0v) is 24.5. The molecule has 38 heavy (non-hydrogen) atoms. The molecule has 7 nitrogen and oxygen atoms in total. The molecule has 2 aromatic carbocycles. The summed E-state index contributed by atoms with van der Waals surface area (Å²) >= 11 is 0. The fraction of sp³-hybridized carbons (Fsp3) is 0.581. The summed E-state index contributed by atoms with van der Waals surface area (Å²) in [5, 5.41) is 30.5. The average Bonchev–Trinajstić information content (AvgIpc) is 2.81. The van der Waals surface area contributed by atoms with E-state index in [0.29, 0.717) is 17.7 Å². The Bertz CT molecular complexity index is 1040. The lowest BCUT2D eigenvalue weighted by Gasteiger charge is -2.34. The van der Waals surface area contributed by atoms with Crippen molar-refractivity contribution in [1.82, 2.24) is 0 Å². The molecule has 0 saturated heterocycles. The number of rotatable bonds is 12. The first-order chi connectivity index (χ1) is 17.5. The van der Waals surface area contributed by atoms with Crippen LogP contribution in [0.2, 0.25) is 0 Å². The van der Waals surface area contributed by atoms with E-state index in [1.165, 1.54) is 0 Å². The molecule has 0 atom stereocenters. The Morgan fingerprint density at radius 2 is 1.16 bits per heavy atom. The Hall–Kier alpha value is -2.45. The maximum atomic E-state index is 14.0. The van der Waals surface area contributed by atoms with Crippen molar-refractivity contribution in [3.05, 3.63) is 57.6 Å². The minimum absolute atomic E-state index is 0.0507. The van der Waals surface area contributed by atoms with Gasteiger partial charge in [0, 0.05) is 0 Å². The summed E-state index contributed by atoms with van der Waals surface area (Å²) in [6, 6.07) is 7.54. The number of hydrogen-bond acceptors (Lipinski definition) is 7. The number of carbonyl (C=O) groups is 1. The number of aliphatic hydroxyl groups excluding tert-OH is 1. The predicted molar refractivity (Wildman–Crippen MR) is 149 cm³/mol. The highest BCUT2D eigenvalue weighted by Gasteiger charge is 2.40. The third-order valence-electron chi connectivity index (χ3n) is 6.94. The summed E-state index contributed by atoms with van der Waals surface area (Å²) in [6.45, 7) is 18.2. The van der Waals surface area contributed by atoms with Crippen molar-refractivity contribution in [3.63, 3.8) is 0 Å². The topological polar surface area (TPSA) is 105 Å². The van der Waals surface area contributed by atoms with Crippen LogP contribution < -0.4 is 0 Å². The number of phenolic OH excluding ortho intramolecular Hbond substituents is 2. The van der Waals surface area contributed by atoms with Gasteiger partial charge < -0.3 is 29.5 Å². The first kappa shape index (κ1) is 31.8. The van der Waals surface area contributed by atoms with Gasteiger partial charge >= 0.3 is 0 Å². The molecule has 0 bridgehead atoms. The number of ketones is 1. The van der Waals surface area contributed by atoms with E-state index < -0.39 is 5.41 Å². The van der Waals surface area contributed by atoms with Crippen molar-refractivity contribution in [2.75, 3.05) is 39.8 Å². The van der Waals surface area contributed by atoms with E-state index in [9.17, 15) is 15.0 Å². The molecule has 212 valence electrons. The van der Waals surface area contributed by atoms with E-state index in [1.54, 1.807) is 0 Å². The number of aryl methyl sites for hydroxylation is 2. The summed E-state index contributed by atoms with van der Waals surface area (Å²) in [6.07, 6.45) is 0. The molecule has 0 aliphatic carbocycles. The maximum absolute atomic E-state index is 14.0. The fourth-order valence-electron chi connectivity index (χ4n) is 4.45. The molecular formula is C31H46O7. The highest BCUT2D eigenvalue weighted by molar-refractivity contribution is 5.95. The Kier molecular flexibility index (Phi) is 10.5. The summed E-state index contributed by atoms with van der Waals surface area (Å²) in [4.78, 5) is 14.0. The van der Waals surface area contributed by atoms with Crippen LogP contribution >= 0.6 is 0 Å². The molecular weight excluding hydrogens is 484 g/mol. The van der Waals surface area contributed by atoms with Crippen LogP contribution in [0, 0.1) is 13.8 Å². The van der Waals surface area contributed by atoms with Crippen LogP contribution in [0.3, 0.4) is 0 Å². The van der Waals surface area contributed by atoms with Gasteiger partial charge in [-0.2, -0.15) is 0 Å². The standard InChI is InChI=1S/C31H46O7/c1-20-14-22(16-24(27(20)34)29(3,4)5)31(9,26(33)18-38-19-37-13-12-36-11-10-32)23-15-21(2)28(35)25(17-23)30(6,7)8/h14-17,32,34-35H,10-13,18-19H2,1-9H3. The van der Waals surface area contributed by atoms with Crippen LogP contribution in [0.15, 0.2) is 24.3 Å². The molecule has 0 spiro atoms. The number of aromatic hydroxyl groups is 2. The highest BCUT2D eigenvalue weighted by Crippen LogP contribution is 2.43. The van der Waals surface area contributed by atoms with Gasteiger partial charge in [-0.25, -0.2) is 0 Å². The van der Waals surface area contributed by atoms with Gasteiger partial charge in [0.1, 0.15) is 24.9 Å². The Balaban J connectivity index is 2.56. The van der Waals surface area contributed by atoms with E-state index in [4.69, 9.17) is 19.3 Å². The SMILES string of the molecule is Cc1cc(C(C)(C(=O)COCOCCOCCO)c2cc(C)c(O)c(C(C)(C)C)c2)cc(C(C)(C)C)c1O. The van der Waals surface area contributed by atoms with Crippen molar-refractivity contribution in [2.24, 2.45) is 0 Å². The zero-order chi connectivity index (χ0) is 28.9. The molecule has 0 amide bonds. The largest absolute Gasteiger partial charge is 0.507 e. The van der Waals surface area contributed by atoms with Gasteiger partial charge in [0.25, 0.3) is 0 Å². The molecule has 0 radical (unpaired) electrons. The molecule has 0 aliphatic rings. The number of benzene rings is 2. The smallest absolute Gasteiger partial charge is 0.173 e. The normalized spacial score (nSPS) is 12.7. The van der Waals surface area contributed by atoms with Crippen molar-refractivity contribution in [2.45, 2.75) is 78.6 Å². The summed E-state index contributed by atoms with van der Waals surface area (Å²) in [5.74, 6) is 0.273. The second-order valence-electron chi connectivity index (χ2n) is 12.1. The second kappa shape index (κ2) is 12.6.